The lowest BCUT2D eigenvalue weighted by atomic mass is 10.3. The molecule has 20 heavy (non-hydrogen) atoms. The molecular formula is C15H18N4O. The summed E-state index contributed by atoms with van der Waals surface area (Å²) in [4.78, 5) is 20.2. The second-order valence-corrected chi connectivity index (χ2v) is 4.73. The lowest BCUT2D eigenvalue weighted by Crippen LogP contribution is -2.24. The molecule has 5 heteroatoms. The molecule has 0 atom stereocenters. The van der Waals surface area contributed by atoms with Gasteiger partial charge in [0.05, 0.1) is 24.1 Å². The van der Waals surface area contributed by atoms with Crippen LogP contribution in [-0.4, -0.2) is 21.9 Å². The number of hydrogen-bond acceptors (Lipinski definition) is 4. The smallest absolute Gasteiger partial charge is 0.270 e. The van der Waals surface area contributed by atoms with E-state index in [-0.39, 0.29) is 5.91 Å². The zero-order chi connectivity index (χ0) is 14.4. The van der Waals surface area contributed by atoms with E-state index in [1.807, 2.05) is 38.1 Å². The summed E-state index contributed by atoms with van der Waals surface area (Å²) in [6.07, 6.45) is 3.36. The minimum absolute atomic E-state index is 0.202. The SMILES string of the molecule is CC(C)Nc1ccc(C(=O)NCc2ccccn2)nc1. The number of rotatable bonds is 5. The minimum atomic E-state index is -0.202. The van der Waals surface area contributed by atoms with Gasteiger partial charge in [0.15, 0.2) is 0 Å². The molecule has 2 N–H and O–H groups in total. The van der Waals surface area contributed by atoms with Crippen molar-refractivity contribution in [2.24, 2.45) is 0 Å². The van der Waals surface area contributed by atoms with Crippen LogP contribution in [0.3, 0.4) is 0 Å². The number of carbonyl (C=O) groups is 1. The molecule has 0 fully saturated rings. The fraction of sp³-hybridized carbons (Fsp3) is 0.267. The molecule has 0 spiro atoms. The summed E-state index contributed by atoms with van der Waals surface area (Å²) in [7, 11) is 0. The summed E-state index contributed by atoms with van der Waals surface area (Å²) in [6.45, 7) is 4.49. The van der Waals surface area contributed by atoms with Gasteiger partial charge in [0, 0.05) is 12.2 Å². The van der Waals surface area contributed by atoms with E-state index < -0.39 is 0 Å². The van der Waals surface area contributed by atoms with Crippen molar-refractivity contribution in [2.75, 3.05) is 5.32 Å². The van der Waals surface area contributed by atoms with Gasteiger partial charge < -0.3 is 10.6 Å². The molecule has 0 aliphatic heterocycles. The number of nitrogens with one attached hydrogen (secondary N) is 2. The van der Waals surface area contributed by atoms with Crippen molar-refractivity contribution in [2.45, 2.75) is 26.4 Å². The molecule has 0 aromatic carbocycles. The van der Waals surface area contributed by atoms with E-state index in [0.29, 0.717) is 18.3 Å². The van der Waals surface area contributed by atoms with E-state index >= 15 is 0 Å². The molecule has 0 bridgehead atoms. The van der Waals surface area contributed by atoms with Gasteiger partial charge in [0.25, 0.3) is 5.91 Å². The molecule has 2 aromatic heterocycles. The van der Waals surface area contributed by atoms with Crippen LogP contribution in [0.4, 0.5) is 5.69 Å². The fourth-order valence-corrected chi connectivity index (χ4v) is 1.71. The van der Waals surface area contributed by atoms with Gasteiger partial charge in [0.1, 0.15) is 5.69 Å². The minimum Gasteiger partial charge on any atom is -0.382 e. The standard InChI is InChI=1S/C15H18N4O/c1-11(2)19-13-6-7-14(17-10-13)15(20)18-9-12-5-3-4-8-16-12/h3-8,10-11,19H,9H2,1-2H3,(H,18,20). The van der Waals surface area contributed by atoms with Crippen LogP contribution in [0.1, 0.15) is 30.0 Å². The van der Waals surface area contributed by atoms with E-state index in [2.05, 4.69) is 20.6 Å². The first-order valence-corrected chi connectivity index (χ1v) is 6.56. The molecule has 0 saturated carbocycles. The van der Waals surface area contributed by atoms with E-state index in [4.69, 9.17) is 0 Å². The average Bonchev–Trinajstić information content (AvgIpc) is 2.46. The summed E-state index contributed by atoms with van der Waals surface area (Å²) in [5.41, 5.74) is 2.12. The van der Waals surface area contributed by atoms with Crippen molar-refractivity contribution >= 4 is 11.6 Å². The van der Waals surface area contributed by atoms with E-state index in [9.17, 15) is 4.79 Å². The second-order valence-electron chi connectivity index (χ2n) is 4.73. The molecular weight excluding hydrogens is 252 g/mol. The molecule has 0 saturated heterocycles. The highest BCUT2D eigenvalue weighted by Crippen LogP contribution is 2.07. The van der Waals surface area contributed by atoms with E-state index in [0.717, 1.165) is 11.4 Å². The molecule has 0 aliphatic carbocycles. The van der Waals surface area contributed by atoms with Crippen LogP contribution in [0.2, 0.25) is 0 Å². The van der Waals surface area contributed by atoms with Gasteiger partial charge in [-0.05, 0) is 38.1 Å². The number of nitrogens with zero attached hydrogens (tertiary/aromatic N) is 2. The number of carbonyl (C=O) groups excluding carboxylic acids is 1. The van der Waals surface area contributed by atoms with Gasteiger partial charge in [-0.2, -0.15) is 0 Å². The third kappa shape index (κ3) is 4.05. The predicted octanol–water partition coefficient (Wildman–Crippen LogP) is 2.23. The Labute approximate surface area is 118 Å². The lowest BCUT2D eigenvalue weighted by molar-refractivity contribution is 0.0945. The Bertz CT molecular complexity index is 552. The summed E-state index contributed by atoms with van der Waals surface area (Å²) in [6, 6.07) is 9.48. The van der Waals surface area contributed by atoms with Crippen LogP contribution in [-0.2, 0) is 6.54 Å². The fourth-order valence-electron chi connectivity index (χ4n) is 1.71. The largest absolute Gasteiger partial charge is 0.382 e. The van der Waals surface area contributed by atoms with Gasteiger partial charge in [-0.3, -0.25) is 9.78 Å². The molecule has 0 aliphatic rings. The molecule has 2 rings (SSSR count). The molecule has 0 unspecified atom stereocenters. The summed E-state index contributed by atoms with van der Waals surface area (Å²) in [5.74, 6) is -0.202. The van der Waals surface area contributed by atoms with Crippen molar-refractivity contribution in [3.63, 3.8) is 0 Å². The maximum atomic E-state index is 11.9. The van der Waals surface area contributed by atoms with Crippen LogP contribution in [0.25, 0.3) is 0 Å². The summed E-state index contributed by atoms with van der Waals surface area (Å²) < 4.78 is 0. The van der Waals surface area contributed by atoms with Crippen molar-refractivity contribution in [3.05, 3.63) is 54.1 Å². The van der Waals surface area contributed by atoms with E-state index in [1.165, 1.54) is 0 Å². The lowest BCUT2D eigenvalue weighted by Gasteiger charge is -2.09. The van der Waals surface area contributed by atoms with Gasteiger partial charge >= 0.3 is 0 Å². The Kier molecular flexibility index (Phi) is 4.65. The van der Waals surface area contributed by atoms with Crippen molar-refractivity contribution in [3.8, 4) is 0 Å². The van der Waals surface area contributed by atoms with Gasteiger partial charge in [-0.15, -0.1) is 0 Å². The number of pyridine rings is 2. The normalized spacial score (nSPS) is 10.3. The number of amides is 1. The van der Waals surface area contributed by atoms with Crippen LogP contribution in [0.15, 0.2) is 42.7 Å². The number of hydrogen-bond donors (Lipinski definition) is 2. The quantitative estimate of drug-likeness (QED) is 0.874. The first kappa shape index (κ1) is 14.0. The average molecular weight is 270 g/mol. The zero-order valence-electron chi connectivity index (χ0n) is 11.6. The van der Waals surface area contributed by atoms with Crippen molar-refractivity contribution in [1.29, 1.82) is 0 Å². The Morgan fingerprint density at radius 2 is 2.05 bits per heavy atom. The summed E-state index contributed by atoms with van der Waals surface area (Å²) >= 11 is 0. The molecule has 0 radical (unpaired) electrons. The van der Waals surface area contributed by atoms with Gasteiger partial charge in [-0.1, -0.05) is 6.07 Å². The number of anilines is 1. The highest BCUT2D eigenvalue weighted by Gasteiger charge is 2.07. The van der Waals surface area contributed by atoms with Crippen molar-refractivity contribution in [1.82, 2.24) is 15.3 Å². The monoisotopic (exact) mass is 270 g/mol. The molecule has 5 nitrogen and oxygen atoms in total. The number of aromatic nitrogens is 2. The molecule has 2 heterocycles. The first-order valence-electron chi connectivity index (χ1n) is 6.56. The maximum Gasteiger partial charge on any atom is 0.270 e. The topological polar surface area (TPSA) is 66.9 Å². The third-order valence-electron chi connectivity index (χ3n) is 2.61. The maximum absolute atomic E-state index is 11.9. The van der Waals surface area contributed by atoms with E-state index in [1.54, 1.807) is 18.5 Å². The molecule has 1 amide bonds. The Hall–Kier alpha value is -2.43. The Morgan fingerprint density at radius 1 is 1.20 bits per heavy atom. The van der Waals surface area contributed by atoms with Gasteiger partial charge in [0.2, 0.25) is 0 Å². The van der Waals surface area contributed by atoms with Crippen LogP contribution < -0.4 is 10.6 Å². The highest BCUT2D eigenvalue weighted by atomic mass is 16.1. The third-order valence-corrected chi connectivity index (χ3v) is 2.61. The molecule has 2 aromatic rings. The Balaban J connectivity index is 1.92. The zero-order valence-corrected chi connectivity index (χ0v) is 11.6. The van der Waals surface area contributed by atoms with Gasteiger partial charge in [-0.25, -0.2) is 4.98 Å². The first-order chi connectivity index (χ1) is 9.65. The molecule has 104 valence electrons. The van der Waals surface area contributed by atoms with Crippen LogP contribution >= 0.6 is 0 Å². The second kappa shape index (κ2) is 6.65. The predicted molar refractivity (Wildman–Crippen MR) is 78.4 cm³/mol. The summed E-state index contributed by atoms with van der Waals surface area (Å²) in [5, 5.41) is 6.02. The highest BCUT2D eigenvalue weighted by molar-refractivity contribution is 5.92. The van der Waals surface area contributed by atoms with Crippen LogP contribution in [0, 0.1) is 0 Å². The van der Waals surface area contributed by atoms with Crippen LogP contribution in [0.5, 0.6) is 0 Å². The Morgan fingerprint density at radius 3 is 2.65 bits per heavy atom. The van der Waals surface area contributed by atoms with Crippen molar-refractivity contribution < 1.29 is 4.79 Å².